The minimum absolute atomic E-state index is 0.0224. The van der Waals surface area contributed by atoms with Gasteiger partial charge in [-0.1, -0.05) is 20.8 Å². The van der Waals surface area contributed by atoms with Crippen LogP contribution in [0.1, 0.15) is 39.7 Å². The number of piperazine rings is 1. The minimum atomic E-state index is -0.419. The van der Waals surface area contributed by atoms with Gasteiger partial charge in [0.05, 0.1) is 0 Å². The first kappa shape index (κ1) is 19.8. The van der Waals surface area contributed by atoms with E-state index in [0.29, 0.717) is 5.82 Å². The molecule has 0 aliphatic carbocycles. The quantitative estimate of drug-likeness (QED) is 0.810. The number of hydrogen-bond acceptors (Lipinski definition) is 4. The second kappa shape index (κ2) is 8.27. The largest absolute Gasteiger partial charge is 0.340 e. The first-order valence-corrected chi connectivity index (χ1v) is 9.46. The zero-order valence-corrected chi connectivity index (χ0v) is 17.0. The molecule has 0 saturated carbocycles. The summed E-state index contributed by atoms with van der Waals surface area (Å²) in [6.45, 7) is 11.4. The van der Waals surface area contributed by atoms with Gasteiger partial charge in [0.25, 0.3) is 0 Å². The number of carbonyl (C=O) groups excluding carboxylic acids is 2. The third-order valence-electron chi connectivity index (χ3n) is 4.89. The number of aromatic nitrogens is 1. The van der Waals surface area contributed by atoms with E-state index in [4.69, 9.17) is 0 Å². The average molecular weight is 411 g/mol. The lowest BCUT2D eigenvalue weighted by Crippen LogP contribution is -2.47. The van der Waals surface area contributed by atoms with Crippen molar-refractivity contribution in [2.24, 2.45) is 5.41 Å². The lowest BCUT2D eigenvalue weighted by molar-refractivity contribution is -0.130. The standard InChI is InChI=1S/C18H27BrN4O2/c1-5-18(3,4)17(25)21-16-10-14(15(19)11-20-16)12-22-6-8-23(9-7-22)13(2)24/h10-11H,5-9,12H2,1-4H3,(H,20,21,25). The normalized spacial score (nSPS) is 16.0. The Kier molecular flexibility index (Phi) is 6.57. The number of rotatable bonds is 5. The Balaban J connectivity index is 2.02. The SMILES string of the molecule is CCC(C)(C)C(=O)Nc1cc(CN2CCN(C(C)=O)CC2)c(Br)cn1. The van der Waals surface area contributed by atoms with Crippen molar-refractivity contribution in [1.29, 1.82) is 0 Å². The summed E-state index contributed by atoms with van der Waals surface area (Å²) in [6.07, 6.45) is 2.50. The number of amides is 2. The molecule has 1 saturated heterocycles. The lowest BCUT2D eigenvalue weighted by Gasteiger charge is -2.34. The zero-order valence-electron chi connectivity index (χ0n) is 15.4. The summed E-state index contributed by atoms with van der Waals surface area (Å²) in [5, 5.41) is 2.92. The van der Waals surface area contributed by atoms with Gasteiger partial charge in [-0.15, -0.1) is 0 Å². The second-order valence-corrected chi connectivity index (χ2v) is 7.99. The molecule has 0 radical (unpaired) electrons. The Morgan fingerprint density at radius 3 is 2.48 bits per heavy atom. The number of anilines is 1. The highest BCUT2D eigenvalue weighted by Crippen LogP contribution is 2.24. The van der Waals surface area contributed by atoms with Crippen LogP contribution in [-0.2, 0) is 16.1 Å². The molecule has 1 N–H and O–H groups in total. The number of carbonyl (C=O) groups is 2. The molecule has 7 heteroatoms. The summed E-state index contributed by atoms with van der Waals surface area (Å²) in [4.78, 5) is 32.2. The van der Waals surface area contributed by atoms with Crippen LogP contribution in [0.25, 0.3) is 0 Å². The maximum absolute atomic E-state index is 12.3. The summed E-state index contributed by atoms with van der Waals surface area (Å²) in [7, 11) is 0. The predicted molar refractivity (Wildman–Crippen MR) is 102 cm³/mol. The highest BCUT2D eigenvalue weighted by molar-refractivity contribution is 9.10. The average Bonchev–Trinajstić information content (AvgIpc) is 2.58. The molecular formula is C18H27BrN4O2. The third kappa shape index (κ3) is 5.25. The summed E-state index contributed by atoms with van der Waals surface area (Å²) >= 11 is 3.55. The van der Waals surface area contributed by atoms with Crippen molar-refractivity contribution in [2.45, 2.75) is 40.7 Å². The Morgan fingerprint density at radius 1 is 1.28 bits per heavy atom. The van der Waals surface area contributed by atoms with Crippen LogP contribution in [0.3, 0.4) is 0 Å². The Labute approximate surface area is 158 Å². The molecule has 6 nitrogen and oxygen atoms in total. The van der Waals surface area contributed by atoms with Gasteiger partial charge in [-0.25, -0.2) is 4.98 Å². The monoisotopic (exact) mass is 410 g/mol. The highest BCUT2D eigenvalue weighted by atomic mass is 79.9. The van der Waals surface area contributed by atoms with Crippen molar-refractivity contribution in [2.75, 3.05) is 31.5 Å². The number of halogens is 1. The maximum Gasteiger partial charge on any atom is 0.231 e. The Morgan fingerprint density at radius 2 is 1.92 bits per heavy atom. The van der Waals surface area contributed by atoms with E-state index in [1.165, 1.54) is 0 Å². The van der Waals surface area contributed by atoms with Crippen LogP contribution in [0.15, 0.2) is 16.7 Å². The smallest absolute Gasteiger partial charge is 0.231 e. The number of nitrogens with one attached hydrogen (secondary N) is 1. The fourth-order valence-electron chi connectivity index (χ4n) is 2.58. The van der Waals surface area contributed by atoms with Crippen molar-refractivity contribution in [3.63, 3.8) is 0 Å². The molecular weight excluding hydrogens is 384 g/mol. The van der Waals surface area contributed by atoms with Gasteiger partial charge in [0.2, 0.25) is 11.8 Å². The van der Waals surface area contributed by atoms with Crippen LogP contribution in [-0.4, -0.2) is 52.8 Å². The number of nitrogens with zero attached hydrogens (tertiary/aromatic N) is 3. The van der Waals surface area contributed by atoms with Crippen LogP contribution >= 0.6 is 15.9 Å². The lowest BCUT2D eigenvalue weighted by atomic mass is 9.89. The second-order valence-electron chi connectivity index (χ2n) is 7.13. The van der Waals surface area contributed by atoms with Gasteiger partial charge in [-0.05, 0) is 34.0 Å². The van der Waals surface area contributed by atoms with E-state index in [9.17, 15) is 9.59 Å². The summed E-state index contributed by atoms with van der Waals surface area (Å²) in [5.74, 6) is 0.686. The first-order chi connectivity index (χ1) is 11.7. The van der Waals surface area contributed by atoms with E-state index in [1.807, 2.05) is 31.7 Å². The molecule has 1 fully saturated rings. The van der Waals surface area contributed by atoms with E-state index in [-0.39, 0.29) is 11.8 Å². The first-order valence-electron chi connectivity index (χ1n) is 8.66. The Bertz CT molecular complexity index is 640. The van der Waals surface area contributed by atoms with E-state index in [2.05, 4.69) is 31.1 Å². The molecule has 0 atom stereocenters. The van der Waals surface area contributed by atoms with Gasteiger partial charge >= 0.3 is 0 Å². The van der Waals surface area contributed by atoms with Gasteiger partial charge in [-0.2, -0.15) is 0 Å². The molecule has 1 aromatic rings. The molecule has 0 unspecified atom stereocenters. The molecule has 1 aliphatic rings. The van der Waals surface area contributed by atoms with Gasteiger partial charge in [-0.3, -0.25) is 14.5 Å². The minimum Gasteiger partial charge on any atom is -0.340 e. The van der Waals surface area contributed by atoms with Crippen LogP contribution < -0.4 is 5.32 Å². The van der Waals surface area contributed by atoms with Crippen molar-refractivity contribution < 1.29 is 9.59 Å². The van der Waals surface area contributed by atoms with E-state index in [0.717, 1.165) is 49.2 Å². The maximum atomic E-state index is 12.3. The van der Waals surface area contributed by atoms with Gasteiger partial charge in [0, 0.05) is 55.7 Å². The van der Waals surface area contributed by atoms with Crippen LogP contribution in [0.2, 0.25) is 0 Å². The number of pyridine rings is 1. The molecule has 1 aromatic heterocycles. The molecule has 2 heterocycles. The van der Waals surface area contributed by atoms with Crippen molar-refractivity contribution in [3.8, 4) is 0 Å². The summed E-state index contributed by atoms with van der Waals surface area (Å²) in [6, 6.07) is 1.92. The van der Waals surface area contributed by atoms with E-state index < -0.39 is 5.41 Å². The molecule has 25 heavy (non-hydrogen) atoms. The fourth-order valence-corrected chi connectivity index (χ4v) is 2.92. The van der Waals surface area contributed by atoms with Crippen LogP contribution in [0, 0.1) is 5.41 Å². The topological polar surface area (TPSA) is 65.5 Å². The van der Waals surface area contributed by atoms with E-state index >= 15 is 0 Å². The van der Waals surface area contributed by atoms with Gasteiger partial charge in [0.1, 0.15) is 5.82 Å². The van der Waals surface area contributed by atoms with Gasteiger partial charge < -0.3 is 10.2 Å². The van der Waals surface area contributed by atoms with Crippen LogP contribution in [0.4, 0.5) is 5.82 Å². The van der Waals surface area contributed by atoms with Crippen molar-refractivity contribution in [3.05, 3.63) is 22.3 Å². The predicted octanol–water partition coefficient (Wildman–Crippen LogP) is 2.88. The third-order valence-corrected chi connectivity index (χ3v) is 5.60. The molecule has 2 amide bonds. The molecule has 138 valence electrons. The Hall–Kier alpha value is -1.47. The molecule has 0 aromatic carbocycles. The number of hydrogen-bond donors (Lipinski definition) is 1. The molecule has 0 spiro atoms. The molecule has 2 rings (SSSR count). The van der Waals surface area contributed by atoms with Gasteiger partial charge in [0.15, 0.2) is 0 Å². The van der Waals surface area contributed by atoms with Crippen molar-refractivity contribution in [1.82, 2.24) is 14.8 Å². The zero-order chi connectivity index (χ0) is 18.6. The molecule has 1 aliphatic heterocycles. The van der Waals surface area contributed by atoms with Crippen molar-refractivity contribution >= 4 is 33.6 Å². The fraction of sp³-hybridized carbons (Fsp3) is 0.611. The van der Waals surface area contributed by atoms with Crippen LogP contribution in [0.5, 0.6) is 0 Å². The molecule has 0 bridgehead atoms. The highest BCUT2D eigenvalue weighted by Gasteiger charge is 2.26. The summed E-state index contributed by atoms with van der Waals surface area (Å²) in [5.41, 5.74) is 0.661. The van der Waals surface area contributed by atoms with E-state index in [1.54, 1.807) is 13.1 Å². The summed E-state index contributed by atoms with van der Waals surface area (Å²) < 4.78 is 0.925.